The van der Waals surface area contributed by atoms with Crippen molar-refractivity contribution in [1.82, 2.24) is 9.71 Å². The number of fused-ring (bicyclic) bond motifs is 1. The standard InChI is InChI=1S/C14H14N2O5S2/c1-7-8(2)22-14(15-7)23(19,20)16-13(18)9-6-21-11-5-3-4-10(17)12(9)11/h6H,3-5H2,1-2H3,(H,16,18). The predicted molar refractivity (Wildman–Crippen MR) is 82.2 cm³/mol. The van der Waals surface area contributed by atoms with E-state index in [4.69, 9.17) is 4.42 Å². The maximum Gasteiger partial charge on any atom is 0.291 e. The van der Waals surface area contributed by atoms with Crippen molar-refractivity contribution in [1.29, 1.82) is 0 Å². The number of hydrogen-bond donors (Lipinski definition) is 1. The Balaban J connectivity index is 1.90. The van der Waals surface area contributed by atoms with Crippen LogP contribution in [0.15, 0.2) is 15.0 Å². The van der Waals surface area contributed by atoms with Gasteiger partial charge in [-0.3, -0.25) is 9.59 Å². The van der Waals surface area contributed by atoms with Gasteiger partial charge in [0.05, 0.1) is 16.8 Å². The average molecular weight is 354 g/mol. The number of carbonyl (C=O) groups excluding carboxylic acids is 2. The van der Waals surface area contributed by atoms with Crippen LogP contribution in [0.4, 0.5) is 0 Å². The molecule has 0 unspecified atom stereocenters. The third-order valence-electron chi connectivity index (χ3n) is 3.66. The van der Waals surface area contributed by atoms with Gasteiger partial charge in [-0.15, -0.1) is 11.3 Å². The maximum atomic E-state index is 12.3. The van der Waals surface area contributed by atoms with Crippen molar-refractivity contribution < 1.29 is 22.4 Å². The molecule has 0 saturated carbocycles. The van der Waals surface area contributed by atoms with Crippen LogP contribution in [-0.4, -0.2) is 25.1 Å². The Kier molecular flexibility index (Phi) is 3.85. The first kappa shape index (κ1) is 15.9. The zero-order valence-corrected chi connectivity index (χ0v) is 14.1. The van der Waals surface area contributed by atoms with Gasteiger partial charge in [0.2, 0.25) is 4.34 Å². The van der Waals surface area contributed by atoms with E-state index in [9.17, 15) is 18.0 Å². The minimum atomic E-state index is -4.08. The van der Waals surface area contributed by atoms with E-state index in [1.807, 2.05) is 4.72 Å². The Bertz CT molecular complexity index is 888. The van der Waals surface area contributed by atoms with Gasteiger partial charge in [-0.25, -0.2) is 9.71 Å². The highest BCUT2D eigenvalue weighted by atomic mass is 32.2. The number of rotatable bonds is 3. The first-order valence-corrected chi connectivity index (χ1v) is 9.24. The fourth-order valence-corrected chi connectivity index (χ4v) is 4.64. The van der Waals surface area contributed by atoms with Gasteiger partial charge in [-0.1, -0.05) is 0 Å². The molecule has 1 amide bonds. The monoisotopic (exact) mass is 354 g/mol. The smallest absolute Gasteiger partial charge is 0.291 e. The molecule has 0 aromatic carbocycles. The Morgan fingerprint density at radius 2 is 2.09 bits per heavy atom. The number of aromatic nitrogens is 1. The lowest BCUT2D eigenvalue weighted by atomic mass is 9.94. The van der Waals surface area contributed by atoms with Crippen LogP contribution >= 0.6 is 11.3 Å². The van der Waals surface area contributed by atoms with Gasteiger partial charge in [0.25, 0.3) is 15.9 Å². The van der Waals surface area contributed by atoms with Crippen molar-refractivity contribution in [2.75, 3.05) is 0 Å². The number of nitrogens with zero attached hydrogens (tertiary/aromatic N) is 1. The van der Waals surface area contributed by atoms with Gasteiger partial charge < -0.3 is 4.42 Å². The lowest BCUT2D eigenvalue weighted by molar-refractivity contribution is 0.0942. The molecule has 0 bridgehead atoms. The Labute approximate surface area is 136 Å². The molecule has 1 N–H and O–H groups in total. The molecule has 0 radical (unpaired) electrons. The first-order valence-electron chi connectivity index (χ1n) is 6.94. The fraction of sp³-hybridized carbons (Fsp3) is 0.357. The number of furan rings is 1. The van der Waals surface area contributed by atoms with Crippen LogP contribution < -0.4 is 4.72 Å². The Morgan fingerprint density at radius 3 is 2.74 bits per heavy atom. The van der Waals surface area contributed by atoms with Crippen LogP contribution in [0.1, 0.15) is 49.9 Å². The van der Waals surface area contributed by atoms with Crippen molar-refractivity contribution in [3.8, 4) is 0 Å². The van der Waals surface area contributed by atoms with Crippen molar-refractivity contribution in [3.05, 3.63) is 33.7 Å². The summed E-state index contributed by atoms with van der Waals surface area (Å²) in [7, 11) is -4.08. The molecule has 3 rings (SSSR count). The van der Waals surface area contributed by atoms with Crippen LogP contribution in [0, 0.1) is 13.8 Å². The quantitative estimate of drug-likeness (QED) is 0.903. The Morgan fingerprint density at radius 1 is 1.35 bits per heavy atom. The average Bonchev–Trinajstić information content (AvgIpc) is 3.04. The molecule has 9 heteroatoms. The lowest BCUT2D eigenvalue weighted by Gasteiger charge is -2.10. The van der Waals surface area contributed by atoms with Crippen LogP contribution in [0.3, 0.4) is 0 Å². The molecule has 2 heterocycles. The number of thiazole rings is 1. The first-order chi connectivity index (χ1) is 10.8. The maximum absolute atomic E-state index is 12.3. The van der Waals surface area contributed by atoms with Gasteiger partial charge in [-0.2, -0.15) is 8.42 Å². The van der Waals surface area contributed by atoms with Gasteiger partial charge in [0.15, 0.2) is 5.78 Å². The molecular formula is C14H14N2O5S2. The molecule has 1 aliphatic rings. The minimum Gasteiger partial charge on any atom is -0.468 e. The molecule has 122 valence electrons. The second-order valence-electron chi connectivity index (χ2n) is 5.28. The normalized spacial score (nSPS) is 14.6. The number of sulfonamides is 1. The number of nitrogens with one attached hydrogen (secondary N) is 1. The van der Waals surface area contributed by atoms with Crippen molar-refractivity contribution in [3.63, 3.8) is 0 Å². The number of Topliss-reactive ketones (excluding diaryl/α,β-unsaturated/α-hetero) is 1. The minimum absolute atomic E-state index is 0.0433. The molecule has 7 nitrogen and oxygen atoms in total. The zero-order chi connectivity index (χ0) is 16.8. The van der Waals surface area contributed by atoms with E-state index in [1.165, 1.54) is 0 Å². The number of aryl methyl sites for hydroxylation is 3. The van der Waals surface area contributed by atoms with E-state index >= 15 is 0 Å². The van der Waals surface area contributed by atoms with Crippen molar-refractivity contribution in [2.24, 2.45) is 0 Å². The summed E-state index contributed by atoms with van der Waals surface area (Å²) in [5.74, 6) is -0.649. The number of ketones is 1. The second kappa shape index (κ2) is 5.57. The zero-order valence-electron chi connectivity index (χ0n) is 12.5. The van der Waals surface area contributed by atoms with E-state index in [-0.39, 0.29) is 21.2 Å². The van der Waals surface area contributed by atoms with Gasteiger partial charge in [0.1, 0.15) is 12.0 Å². The molecule has 2 aromatic rings. The summed E-state index contributed by atoms with van der Waals surface area (Å²) in [4.78, 5) is 28.9. The number of amides is 1. The number of carbonyl (C=O) groups is 2. The largest absolute Gasteiger partial charge is 0.468 e. The van der Waals surface area contributed by atoms with Gasteiger partial charge in [0, 0.05) is 17.7 Å². The molecule has 2 aromatic heterocycles. The molecule has 1 aliphatic carbocycles. The summed E-state index contributed by atoms with van der Waals surface area (Å²) >= 11 is 0.986. The summed E-state index contributed by atoms with van der Waals surface area (Å²) in [5, 5.41) is 0. The van der Waals surface area contributed by atoms with Crippen molar-refractivity contribution >= 4 is 33.1 Å². The summed E-state index contributed by atoms with van der Waals surface area (Å²) in [6.45, 7) is 3.44. The van der Waals surface area contributed by atoms with E-state index < -0.39 is 15.9 Å². The predicted octanol–water partition coefficient (Wildman–Crippen LogP) is 1.99. The van der Waals surface area contributed by atoms with Gasteiger partial charge in [-0.05, 0) is 20.3 Å². The summed E-state index contributed by atoms with van der Waals surface area (Å²) in [5.41, 5.74) is 0.743. The molecule has 0 spiro atoms. The third kappa shape index (κ3) is 2.81. The highest BCUT2D eigenvalue weighted by molar-refractivity contribution is 7.92. The molecular weight excluding hydrogens is 340 g/mol. The SMILES string of the molecule is Cc1nc(S(=O)(=O)NC(=O)c2coc3c2C(=O)CCC3)sc1C. The molecule has 0 saturated heterocycles. The third-order valence-corrected chi connectivity index (χ3v) is 6.45. The molecule has 0 atom stereocenters. The van der Waals surface area contributed by atoms with Crippen LogP contribution in [0.5, 0.6) is 0 Å². The summed E-state index contributed by atoms with van der Waals surface area (Å²) in [6, 6.07) is 0. The summed E-state index contributed by atoms with van der Waals surface area (Å²) < 4.78 is 31.5. The number of hydrogen-bond acceptors (Lipinski definition) is 7. The molecule has 23 heavy (non-hydrogen) atoms. The van der Waals surface area contributed by atoms with E-state index in [0.29, 0.717) is 30.7 Å². The Hall–Kier alpha value is -2.00. The van der Waals surface area contributed by atoms with Crippen LogP contribution in [-0.2, 0) is 16.4 Å². The topological polar surface area (TPSA) is 106 Å². The van der Waals surface area contributed by atoms with Crippen LogP contribution in [0.25, 0.3) is 0 Å². The second-order valence-corrected chi connectivity index (χ2v) is 8.34. The van der Waals surface area contributed by atoms with E-state index in [2.05, 4.69) is 4.98 Å². The summed E-state index contributed by atoms with van der Waals surface area (Å²) in [6.07, 6.45) is 2.68. The highest BCUT2D eigenvalue weighted by Gasteiger charge is 2.30. The van der Waals surface area contributed by atoms with E-state index in [0.717, 1.165) is 22.5 Å². The molecule has 0 fully saturated rings. The lowest BCUT2D eigenvalue weighted by Crippen LogP contribution is -2.31. The van der Waals surface area contributed by atoms with E-state index in [1.54, 1.807) is 13.8 Å². The van der Waals surface area contributed by atoms with Crippen molar-refractivity contribution in [2.45, 2.75) is 37.4 Å². The fourth-order valence-electron chi connectivity index (χ4n) is 2.37. The van der Waals surface area contributed by atoms with Crippen LogP contribution in [0.2, 0.25) is 0 Å². The van der Waals surface area contributed by atoms with Gasteiger partial charge >= 0.3 is 0 Å². The highest BCUT2D eigenvalue weighted by Crippen LogP contribution is 2.27. The molecule has 0 aliphatic heterocycles.